The SMILES string of the molecule is Cc1cccc(-c2nc(-c3ccc(Br)cc3)cs2)c1. The van der Waals surface area contributed by atoms with Gasteiger partial charge in [-0.05, 0) is 25.1 Å². The molecular weight excluding hydrogens is 318 g/mol. The molecule has 94 valence electrons. The monoisotopic (exact) mass is 329 g/mol. The van der Waals surface area contributed by atoms with Gasteiger partial charge >= 0.3 is 0 Å². The highest BCUT2D eigenvalue weighted by molar-refractivity contribution is 9.10. The van der Waals surface area contributed by atoms with Gasteiger partial charge in [-0.2, -0.15) is 0 Å². The van der Waals surface area contributed by atoms with Crippen molar-refractivity contribution < 1.29 is 0 Å². The fourth-order valence-corrected chi connectivity index (χ4v) is 3.03. The highest BCUT2D eigenvalue weighted by Gasteiger charge is 2.06. The van der Waals surface area contributed by atoms with Crippen molar-refractivity contribution in [2.75, 3.05) is 0 Å². The minimum atomic E-state index is 1.04. The highest BCUT2D eigenvalue weighted by Crippen LogP contribution is 2.29. The van der Waals surface area contributed by atoms with Crippen molar-refractivity contribution in [3.05, 3.63) is 63.9 Å². The summed E-state index contributed by atoms with van der Waals surface area (Å²) in [5.41, 5.74) is 4.64. The van der Waals surface area contributed by atoms with Crippen LogP contribution in [-0.2, 0) is 0 Å². The highest BCUT2D eigenvalue weighted by atomic mass is 79.9. The van der Waals surface area contributed by atoms with Gasteiger partial charge in [0, 0.05) is 21.0 Å². The van der Waals surface area contributed by atoms with Gasteiger partial charge in [0.2, 0.25) is 0 Å². The average molecular weight is 330 g/mol. The van der Waals surface area contributed by atoms with Crippen molar-refractivity contribution in [1.29, 1.82) is 0 Å². The van der Waals surface area contributed by atoms with Gasteiger partial charge in [0.05, 0.1) is 5.69 Å². The first-order chi connectivity index (χ1) is 9.22. The summed E-state index contributed by atoms with van der Waals surface area (Å²) in [5.74, 6) is 0. The molecular formula is C16H12BrNS. The molecule has 0 aliphatic carbocycles. The Morgan fingerprint density at radius 3 is 2.53 bits per heavy atom. The lowest BCUT2D eigenvalue weighted by atomic mass is 10.1. The van der Waals surface area contributed by atoms with Crippen LogP contribution in [0.3, 0.4) is 0 Å². The largest absolute Gasteiger partial charge is 0.236 e. The van der Waals surface area contributed by atoms with Gasteiger partial charge in [0.25, 0.3) is 0 Å². The maximum Gasteiger partial charge on any atom is 0.124 e. The molecule has 19 heavy (non-hydrogen) atoms. The Morgan fingerprint density at radius 2 is 1.79 bits per heavy atom. The van der Waals surface area contributed by atoms with E-state index >= 15 is 0 Å². The maximum atomic E-state index is 4.72. The number of hydrogen-bond acceptors (Lipinski definition) is 2. The molecule has 0 aliphatic heterocycles. The smallest absolute Gasteiger partial charge is 0.124 e. The van der Waals surface area contributed by atoms with E-state index in [1.54, 1.807) is 11.3 Å². The zero-order chi connectivity index (χ0) is 13.2. The third-order valence-corrected chi connectivity index (χ3v) is 4.33. The Hall–Kier alpha value is -1.45. The lowest BCUT2D eigenvalue weighted by molar-refractivity contribution is 1.38. The number of hydrogen-bond donors (Lipinski definition) is 0. The van der Waals surface area contributed by atoms with Gasteiger partial charge in [0.1, 0.15) is 5.01 Å². The molecule has 0 spiro atoms. The van der Waals surface area contributed by atoms with Crippen LogP contribution in [0.1, 0.15) is 5.56 Å². The fourth-order valence-electron chi connectivity index (χ4n) is 1.94. The molecule has 3 heteroatoms. The first-order valence-corrected chi connectivity index (χ1v) is 7.68. The second-order valence-electron chi connectivity index (χ2n) is 4.41. The maximum absolute atomic E-state index is 4.72. The molecule has 0 atom stereocenters. The molecule has 0 bridgehead atoms. The number of thiazole rings is 1. The number of aryl methyl sites for hydroxylation is 1. The number of benzene rings is 2. The van der Waals surface area contributed by atoms with E-state index in [4.69, 9.17) is 4.98 Å². The van der Waals surface area contributed by atoms with Crippen molar-refractivity contribution in [3.63, 3.8) is 0 Å². The van der Waals surface area contributed by atoms with Crippen LogP contribution in [0.15, 0.2) is 58.4 Å². The Morgan fingerprint density at radius 1 is 1.00 bits per heavy atom. The topological polar surface area (TPSA) is 12.9 Å². The summed E-state index contributed by atoms with van der Waals surface area (Å²) < 4.78 is 1.09. The van der Waals surface area contributed by atoms with Gasteiger partial charge in [-0.1, -0.05) is 51.8 Å². The second kappa shape index (κ2) is 5.27. The van der Waals surface area contributed by atoms with Crippen molar-refractivity contribution in [2.45, 2.75) is 6.92 Å². The standard InChI is InChI=1S/C16H12BrNS/c1-11-3-2-4-13(9-11)16-18-15(10-19-16)12-5-7-14(17)8-6-12/h2-10H,1H3. The van der Waals surface area contributed by atoms with E-state index in [1.165, 1.54) is 11.1 Å². The molecule has 2 aromatic carbocycles. The summed E-state index contributed by atoms with van der Waals surface area (Å²) in [6, 6.07) is 16.7. The number of aromatic nitrogens is 1. The minimum Gasteiger partial charge on any atom is -0.236 e. The Labute approximate surface area is 125 Å². The normalized spacial score (nSPS) is 10.6. The minimum absolute atomic E-state index is 1.04. The van der Waals surface area contributed by atoms with Crippen LogP contribution in [0.4, 0.5) is 0 Å². The van der Waals surface area contributed by atoms with E-state index < -0.39 is 0 Å². The van der Waals surface area contributed by atoms with Crippen LogP contribution >= 0.6 is 27.3 Å². The zero-order valence-corrected chi connectivity index (χ0v) is 12.8. The van der Waals surface area contributed by atoms with Crippen molar-refractivity contribution in [1.82, 2.24) is 4.98 Å². The second-order valence-corrected chi connectivity index (χ2v) is 6.19. The Balaban J connectivity index is 1.97. The molecule has 3 aromatic rings. The molecule has 0 saturated heterocycles. The third kappa shape index (κ3) is 2.77. The van der Waals surface area contributed by atoms with Gasteiger partial charge in [-0.25, -0.2) is 4.98 Å². The van der Waals surface area contributed by atoms with Gasteiger partial charge in [-0.15, -0.1) is 11.3 Å². The van der Waals surface area contributed by atoms with E-state index in [2.05, 4.69) is 64.6 Å². The summed E-state index contributed by atoms with van der Waals surface area (Å²) in [6.45, 7) is 2.10. The Bertz CT molecular complexity index is 701. The quantitative estimate of drug-likeness (QED) is 0.600. The first-order valence-electron chi connectivity index (χ1n) is 6.01. The van der Waals surface area contributed by atoms with Crippen LogP contribution in [0.25, 0.3) is 21.8 Å². The van der Waals surface area contributed by atoms with E-state index in [0.29, 0.717) is 0 Å². The first kappa shape index (κ1) is 12.6. The van der Waals surface area contributed by atoms with Crippen molar-refractivity contribution in [2.24, 2.45) is 0 Å². The van der Waals surface area contributed by atoms with Gasteiger partial charge < -0.3 is 0 Å². The van der Waals surface area contributed by atoms with Crippen molar-refractivity contribution >= 4 is 27.3 Å². The molecule has 3 rings (SSSR count). The van der Waals surface area contributed by atoms with E-state index in [1.807, 2.05) is 12.1 Å². The zero-order valence-electron chi connectivity index (χ0n) is 10.4. The fraction of sp³-hybridized carbons (Fsp3) is 0.0625. The van der Waals surface area contributed by atoms with Gasteiger partial charge in [0.15, 0.2) is 0 Å². The molecule has 1 nitrogen and oxygen atoms in total. The molecule has 0 fully saturated rings. The van der Waals surface area contributed by atoms with E-state index in [-0.39, 0.29) is 0 Å². The number of nitrogens with zero attached hydrogens (tertiary/aromatic N) is 1. The summed E-state index contributed by atoms with van der Waals surface area (Å²) in [7, 11) is 0. The van der Waals surface area contributed by atoms with E-state index in [0.717, 1.165) is 20.7 Å². The van der Waals surface area contributed by atoms with Crippen LogP contribution in [-0.4, -0.2) is 4.98 Å². The van der Waals surface area contributed by atoms with Crippen LogP contribution in [0.2, 0.25) is 0 Å². The molecule has 0 amide bonds. The van der Waals surface area contributed by atoms with Crippen LogP contribution in [0.5, 0.6) is 0 Å². The average Bonchev–Trinajstić information content (AvgIpc) is 2.89. The van der Waals surface area contributed by atoms with Crippen LogP contribution in [0, 0.1) is 6.92 Å². The molecule has 1 aromatic heterocycles. The predicted molar refractivity (Wildman–Crippen MR) is 85.4 cm³/mol. The Kier molecular flexibility index (Phi) is 3.49. The number of rotatable bonds is 2. The molecule has 1 heterocycles. The summed E-state index contributed by atoms with van der Waals surface area (Å²) in [6.07, 6.45) is 0. The molecule has 0 aliphatic rings. The molecule has 0 N–H and O–H groups in total. The van der Waals surface area contributed by atoms with E-state index in [9.17, 15) is 0 Å². The molecule has 0 unspecified atom stereocenters. The summed E-state index contributed by atoms with van der Waals surface area (Å²) in [4.78, 5) is 4.72. The predicted octanol–water partition coefficient (Wildman–Crippen LogP) is 5.55. The van der Waals surface area contributed by atoms with Crippen molar-refractivity contribution in [3.8, 4) is 21.8 Å². The number of halogens is 1. The van der Waals surface area contributed by atoms with Crippen LogP contribution < -0.4 is 0 Å². The summed E-state index contributed by atoms with van der Waals surface area (Å²) >= 11 is 5.14. The molecule has 0 saturated carbocycles. The molecule has 0 radical (unpaired) electrons. The lowest BCUT2D eigenvalue weighted by Crippen LogP contribution is -1.80. The summed E-state index contributed by atoms with van der Waals surface area (Å²) in [5, 5.41) is 3.18. The third-order valence-electron chi connectivity index (χ3n) is 2.91. The lowest BCUT2D eigenvalue weighted by Gasteiger charge is -1.98. The van der Waals surface area contributed by atoms with Gasteiger partial charge in [-0.3, -0.25) is 0 Å².